The number of hydrogen-bond acceptors (Lipinski definition) is 3. The van der Waals surface area contributed by atoms with E-state index in [1.54, 1.807) is 0 Å². The molecule has 100 valence electrons. The molecule has 0 spiro atoms. The molecule has 0 amide bonds. The Bertz CT molecular complexity index is 422. The van der Waals surface area contributed by atoms with Crippen molar-refractivity contribution in [2.45, 2.75) is 25.9 Å². The lowest BCUT2D eigenvalue weighted by atomic mass is 10.0. The molecular weight excluding hydrogens is 290 g/mol. The fourth-order valence-corrected chi connectivity index (χ4v) is 3.22. The van der Waals surface area contributed by atoms with E-state index in [0.717, 1.165) is 24.1 Å². The van der Waals surface area contributed by atoms with Crippen molar-refractivity contribution in [2.75, 3.05) is 31.6 Å². The Morgan fingerprint density at radius 1 is 1.39 bits per heavy atom. The molecule has 2 unspecified atom stereocenters. The molecule has 1 aliphatic rings. The van der Waals surface area contributed by atoms with Gasteiger partial charge >= 0.3 is 0 Å². The van der Waals surface area contributed by atoms with Crippen LogP contribution in [0.15, 0.2) is 22.7 Å². The Kier molecular flexibility index (Phi) is 4.30. The molecule has 18 heavy (non-hydrogen) atoms. The maximum absolute atomic E-state index is 5.87. The van der Waals surface area contributed by atoms with Gasteiger partial charge in [-0.05, 0) is 44.7 Å². The van der Waals surface area contributed by atoms with Crippen LogP contribution < -0.4 is 10.6 Å². The molecule has 1 aromatic carbocycles. The molecule has 2 rings (SSSR count). The second kappa shape index (κ2) is 5.59. The number of aryl methyl sites for hydroxylation is 1. The Balaban J connectivity index is 2.26. The van der Waals surface area contributed by atoms with Gasteiger partial charge in [-0.3, -0.25) is 4.90 Å². The summed E-state index contributed by atoms with van der Waals surface area (Å²) < 4.78 is 1.14. The van der Waals surface area contributed by atoms with Crippen LogP contribution >= 0.6 is 15.9 Å². The minimum Gasteiger partial charge on any atom is -0.366 e. The molecule has 2 N–H and O–H groups in total. The van der Waals surface area contributed by atoms with Crippen LogP contribution in [0, 0.1) is 6.92 Å². The Labute approximate surface area is 118 Å². The summed E-state index contributed by atoms with van der Waals surface area (Å²) in [6.45, 7) is 7.25. The largest absolute Gasteiger partial charge is 0.366 e. The Morgan fingerprint density at radius 2 is 2.11 bits per heavy atom. The topological polar surface area (TPSA) is 32.5 Å². The van der Waals surface area contributed by atoms with E-state index in [1.807, 2.05) is 0 Å². The van der Waals surface area contributed by atoms with Crippen molar-refractivity contribution >= 4 is 21.6 Å². The number of piperazine rings is 1. The number of likely N-dealkylation sites (N-methyl/N-ethyl adjacent to an activating group) is 1. The van der Waals surface area contributed by atoms with Crippen LogP contribution in [0.2, 0.25) is 0 Å². The number of halogens is 1. The predicted molar refractivity (Wildman–Crippen MR) is 81.2 cm³/mol. The van der Waals surface area contributed by atoms with E-state index in [1.165, 1.54) is 11.3 Å². The van der Waals surface area contributed by atoms with Crippen LogP contribution in [-0.2, 0) is 0 Å². The van der Waals surface area contributed by atoms with E-state index in [-0.39, 0.29) is 0 Å². The highest BCUT2D eigenvalue weighted by atomic mass is 79.9. The molecule has 1 aromatic rings. The smallest absolute Gasteiger partial charge is 0.0400 e. The zero-order chi connectivity index (χ0) is 13.3. The molecule has 0 aromatic heterocycles. The predicted octanol–water partition coefficient (Wildman–Crippen LogP) is 2.23. The first kappa shape index (κ1) is 13.8. The van der Waals surface area contributed by atoms with Gasteiger partial charge in [0.15, 0.2) is 0 Å². The fourth-order valence-electron chi connectivity index (χ4n) is 2.74. The first-order valence-corrected chi connectivity index (χ1v) is 7.25. The molecule has 1 aliphatic heterocycles. The van der Waals surface area contributed by atoms with E-state index >= 15 is 0 Å². The summed E-state index contributed by atoms with van der Waals surface area (Å²) in [6.07, 6.45) is 0. The van der Waals surface area contributed by atoms with Crippen LogP contribution in [0.1, 0.15) is 12.5 Å². The van der Waals surface area contributed by atoms with Gasteiger partial charge < -0.3 is 10.6 Å². The number of anilines is 1. The zero-order valence-corrected chi connectivity index (χ0v) is 12.9. The summed E-state index contributed by atoms with van der Waals surface area (Å²) in [4.78, 5) is 4.86. The number of nitrogens with two attached hydrogens (primary N) is 1. The molecule has 1 heterocycles. The van der Waals surface area contributed by atoms with Gasteiger partial charge in [0.05, 0.1) is 0 Å². The van der Waals surface area contributed by atoms with E-state index in [0.29, 0.717) is 12.1 Å². The summed E-state index contributed by atoms with van der Waals surface area (Å²) >= 11 is 3.52. The van der Waals surface area contributed by atoms with Crippen LogP contribution in [-0.4, -0.2) is 43.7 Å². The highest BCUT2D eigenvalue weighted by Gasteiger charge is 2.29. The summed E-state index contributed by atoms with van der Waals surface area (Å²) in [6, 6.07) is 7.47. The number of rotatable bonds is 2. The fraction of sp³-hybridized carbons (Fsp3) is 0.571. The van der Waals surface area contributed by atoms with E-state index in [9.17, 15) is 0 Å². The summed E-state index contributed by atoms with van der Waals surface area (Å²) in [5.74, 6) is 0. The molecule has 0 radical (unpaired) electrons. The maximum Gasteiger partial charge on any atom is 0.0400 e. The van der Waals surface area contributed by atoms with Crippen molar-refractivity contribution in [2.24, 2.45) is 5.73 Å². The van der Waals surface area contributed by atoms with Gasteiger partial charge in [-0.2, -0.15) is 0 Å². The third-order valence-corrected chi connectivity index (χ3v) is 4.35. The lowest BCUT2D eigenvalue weighted by Crippen LogP contribution is -2.58. The van der Waals surface area contributed by atoms with Crippen LogP contribution in [0.3, 0.4) is 0 Å². The SMILES string of the molecule is Cc1cc(Br)ccc1N1CC(CN)N(C)CC1C. The number of hydrogen-bond donors (Lipinski definition) is 1. The van der Waals surface area contributed by atoms with Gasteiger partial charge in [0.25, 0.3) is 0 Å². The van der Waals surface area contributed by atoms with E-state index < -0.39 is 0 Å². The van der Waals surface area contributed by atoms with Gasteiger partial charge in [0.1, 0.15) is 0 Å². The third kappa shape index (κ3) is 2.71. The lowest BCUT2D eigenvalue weighted by molar-refractivity contribution is 0.197. The first-order chi connectivity index (χ1) is 8.52. The second-order valence-electron chi connectivity index (χ2n) is 5.26. The Hall–Kier alpha value is -0.580. The monoisotopic (exact) mass is 311 g/mol. The van der Waals surface area contributed by atoms with E-state index in [2.05, 4.69) is 64.8 Å². The average Bonchev–Trinajstić information content (AvgIpc) is 2.30. The quantitative estimate of drug-likeness (QED) is 0.909. The van der Waals surface area contributed by atoms with Crippen molar-refractivity contribution in [3.8, 4) is 0 Å². The number of benzene rings is 1. The van der Waals surface area contributed by atoms with Crippen LogP contribution in [0.4, 0.5) is 5.69 Å². The first-order valence-electron chi connectivity index (χ1n) is 6.46. The lowest BCUT2D eigenvalue weighted by Gasteiger charge is -2.45. The van der Waals surface area contributed by atoms with E-state index in [4.69, 9.17) is 5.73 Å². The van der Waals surface area contributed by atoms with Crippen molar-refractivity contribution < 1.29 is 0 Å². The average molecular weight is 312 g/mol. The molecule has 1 saturated heterocycles. The van der Waals surface area contributed by atoms with Gasteiger partial charge in [0, 0.05) is 41.9 Å². The van der Waals surface area contributed by atoms with Crippen molar-refractivity contribution in [1.29, 1.82) is 0 Å². The molecular formula is C14H22BrN3. The standard InChI is InChI=1S/C14H22BrN3/c1-10-6-12(15)4-5-14(10)18-9-13(7-16)17(3)8-11(18)2/h4-6,11,13H,7-9,16H2,1-3H3. The normalized spacial score (nSPS) is 25.5. The molecule has 1 fully saturated rings. The van der Waals surface area contributed by atoms with Crippen molar-refractivity contribution in [3.63, 3.8) is 0 Å². The number of nitrogens with zero attached hydrogens (tertiary/aromatic N) is 2. The molecule has 4 heteroatoms. The van der Waals surface area contributed by atoms with Crippen molar-refractivity contribution in [3.05, 3.63) is 28.2 Å². The van der Waals surface area contributed by atoms with Crippen LogP contribution in [0.25, 0.3) is 0 Å². The Morgan fingerprint density at radius 3 is 2.72 bits per heavy atom. The summed E-state index contributed by atoms with van der Waals surface area (Å²) in [5, 5.41) is 0. The third-order valence-electron chi connectivity index (χ3n) is 3.86. The van der Waals surface area contributed by atoms with Crippen molar-refractivity contribution in [1.82, 2.24) is 4.90 Å². The highest BCUT2D eigenvalue weighted by molar-refractivity contribution is 9.10. The van der Waals surface area contributed by atoms with Gasteiger partial charge in [-0.25, -0.2) is 0 Å². The zero-order valence-electron chi connectivity index (χ0n) is 11.4. The second-order valence-corrected chi connectivity index (χ2v) is 6.18. The molecule has 2 atom stereocenters. The molecule has 3 nitrogen and oxygen atoms in total. The summed E-state index contributed by atoms with van der Waals surface area (Å²) in [7, 11) is 2.17. The summed E-state index contributed by atoms with van der Waals surface area (Å²) in [5.41, 5.74) is 8.51. The minimum absolute atomic E-state index is 0.448. The maximum atomic E-state index is 5.87. The van der Waals surface area contributed by atoms with Gasteiger partial charge in [-0.15, -0.1) is 0 Å². The minimum atomic E-state index is 0.448. The molecule has 0 bridgehead atoms. The molecule has 0 aliphatic carbocycles. The van der Waals surface area contributed by atoms with Gasteiger partial charge in [0.2, 0.25) is 0 Å². The van der Waals surface area contributed by atoms with Gasteiger partial charge in [-0.1, -0.05) is 15.9 Å². The highest BCUT2D eigenvalue weighted by Crippen LogP contribution is 2.28. The molecule has 0 saturated carbocycles. The van der Waals surface area contributed by atoms with Crippen LogP contribution in [0.5, 0.6) is 0 Å².